The van der Waals surface area contributed by atoms with Crippen molar-refractivity contribution >= 4 is 23.2 Å². The molecule has 0 bridgehead atoms. The summed E-state index contributed by atoms with van der Waals surface area (Å²) in [5.74, 6) is 0.504. The van der Waals surface area contributed by atoms with Crippen LogP contribution in [0.5, 0.6) is 0 Å². The first-order chi connectivity index (χ1) is 7.19. The van der Waals surface area contributed by atoms with Crippen LogP contribution in [0.25, 0.3) is 11.5 Å². The first kappa shape index (κ1) is 10.4. The molecular weight excluding hydrogens is 239 g/mol. The minimum atomic E-state index is -0.266. The van der Waals surface area contributed by atoms with Crippen molar-refractivity contribution in [2.75, 3.05) is 0 Å². The molecule has 0 aliphatic rings. The van der Waals surface area contributed by atoms with Gasteiger partial charge in [-0.25, -0.2) is 0 Å². The number of nitrogens with zero attached hydrogens (tertiary/aromatic N) is 2. The van der Waals surface area contributed by atoms with Gasteiger partial charge in [0.15, 0.2) is 5.82 Å². The van der Waals surface area contributed by atoms with Gasteiger partial charge in [-0.15, -0.1) is 0 Å². The maximum atomic E-state index is 8.77. The summed E-state index contributed by atoms with van der Waals surface area (Å²) < 4.78 is 4.91. The minimum Gasteiger partial charge on any atom is -0.388 e. The van der Waals surface area contributed by atoms with Gasteiger partial charge >= 0.3 is 0 Å². The molecule has 4 nitrogen and oxygen atoms in total. The van der Waals surface area contributed by atoms with Gasteiger partial charge in [-0.3, -0.25) is 0 Å². The normalized spacial score (nSPS) is 10.6. The van der Waals surface area contributed by atoms with E-state index in [1.807, 2.05) is 0 Å². The van der Waals surface area contributed by atoms with E-state index in [1.165, 1.54) is 0 Å². The lowest BCUT2D eigenvalue weighted by Crippen LogP contribution is -1.85. The molecular formula is C9H6Cl2N2O2. The summed E-state index contributed by atoms with van der Waals surface area (Å²) in [4.78, 5) is 3.94. The monoisotopic (exact) mass is 244 g/mol. The lowest BCUT2D eigenvalue weighted by Gasteiger charge is -1.96. The van der Waals surface area contributed by atoms with Crippen LogP contribution in [0.15, 0.2) is 22.7 Å². The molecule has 2 aromatic rings. The summed E-state index contributed by atoms with van der Waals surface area (Å²) >= 11 is 11.6. The van der Waals surface area contributed by atoms with Gasteiger partial charge in [0.05, 0.1) is 0 Å². The molecule has 0 aliphatic carbocycles. The molecule has 0 radical (unpaired) electrons. The Morgan fingerprint density at radius 1 is 1.20 bits per heavy atom. The van der Waals surface area contributed by atoms with Crippen LogP contribution in [0, 0.1) is 0 Å². The van der Waals surface area contributed by atoms with Crippen LogP contribution in [-0.2, 0) is 6.61 Å². The molecule has 0 unspecified atom stereocenters. The highest BCUT2D eigenvalue weighted by molar-refractivity contribution is 6.35. The standard InChI is InChI=1S/C9H6Cl2N2O2/c10-6-1-5(2-7(11)3-6)9-12-8(4-14)13-15-9/h1-3,14H,4H2. The number of aliphatic hydroxyl groups is 1. The van der Waals surface area contributed by atoms with Crippen LogP contribution in [0.4, 0.5) is 0 Å². The first-order valence-corrected chi connectivity index (χ1v) is 4.84. The highest BCUT2D eigenvalue weighted by Crippen LogP contribution is 2.25. The predicted molar refractivity (Wildman–Crippen MR) is 55.7 cm³/mol. The number of aromatic nitrogens is 2. The Morgan fingerprint density at radius 3 is 2.40 bits per heavy atom. The van der Waals surface area contributed by atoms with Crippen molar-refractivity contribution in [2.24, 2.45) is 0 Å². The van der Waals surface area contributed by atoms with Crippen LogP contribution in [0.1, 0.15) is 5.82 Å². The predicted octanol–water partition coefficient (Wildman–Crippen LogP) is 2.54. The van der Waals surface area contributed by atoms with Crippen molar-refractivity contribution in [3.05, 3.63) is 34.1 Å². The van der Waals surface area contributed by atoms with E-state index in [-0.39, 0.29) is 18.3 Å². The topological polar surface area (TPSA) is 59.2 Å². The largest absolute Gasteiger partial charge is 0.388 e. The van der Waals surface area contributed by atoms with E-state index in [0.717, 1.165) is 0 Å². The highest BCUT2D eigenvalue weighted by atomic mass is 35.5. The summed E-state index contributed by atoms with van der Waals surface area (Å²) in [6.07, 6.45) is 0. The Hall–Kier alpha value is -1.10. The number of halogens is 2. The zero-order valence-corrected chi connectivity index (χ0v) is 8.96. The fourth-order valence-electron chi connectivity index (χ4n) is 1.11. The first-order valence-electron chi connectivity index (χ1n) is 4.09. The van der Waals surface area contributed by atoms with Crippen molar-refractivity contribution in [1.29, 1.82) is 0 Å². The molecule has 0 saturated carbocycles. The lowest BCUT2D eigenvalue weighted by atomic mass is 10.2. The number of benzene rings is 1. The summed E-state index contributed by atoms with van der Waals surface area (Å²) in [7, 11) is 0. The third kappa shape index (κ3) is 2.28. The number of aliphatic hydroxyl groups excluding tert-OH is 1. The Kier molecular flexibility index (Phi) is 2.90. The van der Waals surface area contributed by atoms with Gasteiger partial charge in [0, 0.05) is 15.6 Å². The van der Waals surface area contributed by atoms with Crippen molar-refractivity contribution in [2.45, 2.75) is 6.61 Å². The molecule has 0 aliphatic heterocycles. The molecule has 6 heteroatoms. The second kappa shape index (κ2) is 4.18. The quantitative estimate of drug-likeness (QED) is 0.883. The van der Waals surface area contributed by atoms with Crippen molar-refractivity contribution in [3.63, 3.8) is 0 Å². The molecule has 1 heterocycles. The molecule has 78 valence electrons. The second-order valence-corrected chi connectivity index (χ2v) is 3.70. The van der Waals surface area contributed by atoms with E-state index in [2.05, 4.69) is 10.1 Å². The summed E-state index contributed by atoms with van der Waals surface area (Å²) in [5.41, 5.74) is 0.625. The van der Waals surface area contributed by atoms with Gasteiger partial charge in [-0.05, 0) is 18.2 Å². The highest BCUT2D eigenvalue weighted by Gasteiger charge is 2.09. The molecule has 0 spiro atoms. The Morgan fingerprint density at radius 2 is 1.87 bits per heavy atom. The van der Waals surface area contributed by atoms with E-state index in [4.69, 9.17) is 32.8 Å². The van der Waals surface area contributed by atoms with Gasteiger partial charge < -0.3 is 9.63 Å². The van der Waals surface area contributed by atoms with Gasteiger partial charge in [-0.1, -0.05) is 28.4 Å². The fourth-order valence-corrected chi connectivity index (χ4v) is 1.64. The zero-order chi connectivity index (χ0) is 10.8. The molecule has 0 atom stereocenters. The van der Waals surface area contributed by atoms with Crippen LogP contribution in [0.3, 0.4) is 0 Å². The third-order valence-electron chi connectivity index (χ3n) is 1.72. The zero-order valence-electron chi connectivity index (χ0n) is 7.44. The van der Waals surface area contributed by atoms with Crippen LogP contribution >= 0.6 is 23.2 Å². The second-order valence-electron chi connectivity index (χ2n) is 2.83. The Balaban J connectivity index is 2.44. The maximum absolute atomic E-state index is 8.77. The third-order valence-corrected chi connectivity index (χ3v) is 2.16. The van der Waals surface area contributed by atoms with Crippen molar-refractivity contribution < 1.29 is 9.63 Å². The average molecular weight is 245 g/mol. The molecule has 0 fully saturated rings. The van der Waals surface area contributed by atoms with Crippen LogP contribution in [0.2, 0.25) is 10.0 Å². The fraction of sp³-hybridized carbons (Fsp3) is 0.111. The van der Waals surface area contributed by atoms with E-state index < -0.39 is 0 Å². The molecule has 0 amide bonds. The van der Waals surface area contributed by atoms with Gasteiger partial charge in [0.25, 0.3) is 5.89 Å². The van der Waals surface area contributed by atoms with Gasteiger partial charge in [0.1, 0.15) is 6.61 Å². The smallest absolute Gasteiger partial charge is 0.258 e. The van der Waals surface area contributed by atoms with Gasteiger partial charge in [0.2, 0.25) is 0 Å². The molecule has 1 N–H and O–H groups in total. The number of hydrogen-bond acceptors (Lipinski definition) is 4. The summed E-state index contributed by atoms with van der Waals surface area (Å²) in [6, 6.07) is 4.92. The molecule has 1 aromatic carbocycles. The molecule has 0 saturated heterocycles. The van der Waals surface area contributed by atoms with E-state index in [9.17, 15) is 0 Å². The SMILES string of the molecule is OCc1noc(-c2cc(Cl)cc(Cl)c2)n1. The Labute approximate surface area is 95.4 Å². The molecule has 1 aromatic heterocycles. The summed E-state index contributed by atoms with van der Waals surface area (Å²) in [5, 5.41) is 13.3. The van der Waals surface area contributed by atoms with Crippen LogP contribution < -0.4 is 0 Å². The summed E-state index contributed by atoms with van der Waals surface area (Å²) in [6.45, 7) is -0.266. The van der Waals surface area contributed by atoms with Crippen LogP contribution in [-0.4, -0.2) is 15.2 Å². The minimum absolute atomic E-state index is 0.223. The number of rotatable bonds is 2. The van der Waals surface area contributed by atoms with Crippen molar-refractivity contribution in [1.82, 2.24) is 10.1 Å². The molecule has 2 rings (SSSR count). The van der Waals surface area contributed by atoms with E-state index >= 15 is 0 Å². The van der Waals surface area contributed by atoms with E-state index in [1.54, 1.807) is 18.2 Å². The molecule has 15 heavy (non-hydrogen) atoms. The van der Waals surface area contributed by atoms with Crippen molar-refractivity contribution in [3.8, 4) is 11.5 Å². The maximum Gasteiger partial charge on any atom is 0.258 e. The average Bonchev–Trinajstić information content (AvgIpc) is 2.64. The van der Waals surface area contributed by atoms with Gasteiger partial charge in [-0.2, -0.15) is 4.98 Å². The lowest BCUT2D eigenvalue weighted by molar-refractivity contribution is 0.264. The van der Waals surface area contributed by atoms with E-state index in [0.29, 0.717) is 15.6 Å². The number of hydrogen-bond donors (Lipinski definition) is 1. The Bertz CT molecular complexity index is 464.